The van der Waals surface area contributed by atoms with Gasteiger partial charge in [0.1, 0.15) is 6.54 Å². The zero-order valence-electron chi connectivity index (χ0n) is 7.03. The second-order valence-corrected chi connectivity index (χ2v) is 2.65. The van der Waals surface area contributed by atoms with Crippen LogP contribution in [0, 0.1) is 0 Å². The van der Waals surface area contributed by atoms with Gasteiger partial charge in [0.25, 0.3) is 6.43 Å². The van der Waals surface area contributed by atoms with E-state index in [1.807, 2.05) is 0 Å². The molecule has 0 unspecified atom stereocenters. The molecule has 0 saturated carbocycles. The summed E-state index contributed by atoms with van der Waals surface area (Å²) in [5.74, 6) is 0. The Kier molecular flexibility index (Phi) is 3.75. The Bertz CT molecular complexity index is 252. The Labute approximate surface area is 74.2 Å². The number of hydrogen-bond donors (Lipinski definition) is 1. The van der Waals surface area contributed by atoms with Crippen molar-refractivity contribution in [2.45, 2.75) is 25.8 Å². The largest absolute Gasteiger partial charge is 0.396 e. The number of nitrogens with zero attached hydrogens (tertiary/aromatic N) is 3. The number of alkyl halides is 2. The van der Waals surface area contributed by atoms with E-state index >= 15 is 0 Å². The normalized spacial score (nSPS) is 11.1. The first kappa shape index (κ1) is 10.0. The topological polar surface area (TPSA) is 50.9 Å². The Hall–Kier alpha value is -1.04. The fourth-order valence-electron chi connectivity index (χ4n) is 0.944. The van der Waals surface area contributed by atoms with Crippen molar-refractivity contribution in [1.29, 1.82) is 0 Å². The lowest BCUT2D eigenvalue weighted by Crippen LogP contribution is -2.06. The smallest absolute Gasteiger partial charge is 0.257 e. The van der Waals surface area contributed by atoms with Gasteiger partial charge >= 0.3 is 0 Å². The SMILES string of the molecule is OCCCc1cn(CC(F)F)nn1. The minimum Gasteiger partial charge on any atom is -0.396 e. The highest BCUT2D eigenvalue weighted by Gasteiger charge is 2.06. The first-order valence-corrected chi connectivity index (χ1v) is 4.00. The Morgan fingerprint density at radius 2 is 2.31 bits per heavy atom. The molecule has 74 valence electrons. The summed E-state index contributed by atoms with van der Waals surface area (Å²) < 4.78 is 24.8. The molecule has 0 saturated heterocycles. The number of halogens is 2. The van der Waals surface area contributed by atoms with Crippen molar-refractivity contribution in [2.24, 2.45) is 0 Å². The number of aliphatic hydroxyl groups is 1. The molecule has 0 aliphatic rings. The molecule has 6 heteroatoms. The summed E-state index contributed by atoms with van der Waals surface area (Å²) in [4.78, 5) is 0. The third-order valence-electron chi connectivity index (χ3n) is 1.50. The van der Waals surface area contributed by atoms with E-state index in [0.717, 1.165) is 4.68 Å². The molecule has 0 bridgehead atoms. The Morgan fingerprint density at radius 3 is 2.92 bits per heavy atom. The van der Waals surface area contributed by atoms with Gasteiger partial charge in [0, 0.05) is 12.8 Å². The maximum atomic E-state index is 11.9. The number of hydrogen-bond acceptors (Lipinski definition) is 3. The van der Waals surface area contributed by atoms with E-state index in [9.17, 15) is 8.78 Å². The van der Waals surface area contributed by atoms with Crippen LogP contribution in [0.4, 0.5) is 8.78 Å². The van der Waals surface area contributed by atoms with Gasteiger partial charge in [-0.3, -0.25) is 0 Å². The van der Waals surface area contributed by atoms with E-state index in [2.05, 4.69) is 10.3 Å². The van der Waals surface area contributed by atoms with Crippen molar-refractivity contribution in [1.82, 2.24) is 15.0 Å². The third-order valence-corrected chi connectivity index (χ3v) is 1.50. The zero-order chi connectivity index (χ0) is 9.68. The van der Waals surface area contributed by atoms with E-state index < -0.39 is 13.0 Å². The van der Waals surface area contributed by atoms with E-state index in [4.69, 9.17) is 5.11 Å². The minimum atomic E-state index is -2.41. The fraction of sp³-hybridized carbons (Fsp3) is 0.714. The molecule has 0 spiro atoms. The van der Waals surface area contributed by atoms with Crippen LogP contribution in [0.25, 0.3) is 0 Å². The van der Waals surface area contributed by atoms with Crippen LogP contribution in [-0.4, -0.2) is 33.1 Å². The Morgan fingerprint density at radius 1 is 1.54 bits per heavy atom. The molecule has 13 heavy (non-hydrogen) atoms. The summed E-state index contributed by atoms with van der Waals surface area (Å²) in [5.41, 5.74) is 0.634. The number of aryl methyl sites for hydroxylation is 1. The molecular formula is C7H11F2N3O. The molecule has 0 aromatic carbocycles. The average molecular weight is 191 g/mol. The fourth-order valence-corrected chi connectivity index (χ4v) is 0.944. The quantitative estimate of drug-likeness (QED) is 0.736. The van der Waals surface area contributed by atoms with Crippen LogP contribution in [0.2, 0.25) is 0 Å². The lowest BCUT2D eigenvalue weighted by atomic mass is 10.3. The molecule has 1 N–H and O–H groups in total. The maximum Gasteiger partial charge on any atom is 0.257 e. The summed E-state index contributed by atoms with van der Waals surface area (Å²) >= 11 is 0. The second kappa shape index (κ2) is 4.86. The standard InChI is InChI=1S/C7H11F2N3O/c8-7(9)5-12-4-6(10-11-12)2-1-3-13/h4,7,13H,1-3,5H2. The van der Waals surface area contributed by atoms with Gasteiger partial charge in [-0.15, -0.1) is 5.10 Å². The molecule has 1 heterocycles. The summed E-state index contributed by atoms with van der Waals surface area (Å²) in [5, 5.41) is 15.7. The van der Waals surface area contributed by atoms with Crippen LogP contribution < -0.4 is 0 Å². The Balaban J connectivity index is 2.44. The number of aromatic nitrogens is 3. The third kappa shape index (κ3) is 3.45. The minimum absolute atomic E-state index is 0.0711. The van der Waals surface area contributed by atoms with Crippen LogP contribution in [0.15, 0.2) is 6.20 Å². The lowest BCUT2D eigenvalue weighted by molar-refractivity contribution is 0.121. The molecule has 1 aromatic heterocycles. The lowest BCUT2D eigenvalue weighted by Gasteiger charge is -1.96. The predicted molar refractivity (Wildman–Crippen MR) is 41.4 cm³/mol. The monoisotopic (exact) mass is 191 g/mol. The van der Waals surface area contributed by atoms with Gasteiger partial charge in [-0.1, -0.05) is 5.21 Å². The number of rotatable bonds is 5. The van der Waals surface area contributed by atoms with Crippen molar-refractivity contribution in [3.05, 3.63) is 11.9 Å². The van der Waals surface area contributed by atoms with Gasteiger partial charge in [-0.2, -0.15) is 0 Å². The van der Waals surface area contributed by atoms with Crippen LogP contribution in [-0.2, 0) is 13.0 Å². The first-order chi connectivity index (χ1) is 6.22. The van der Waals surface area contributed by atoms with Gasteiger partial charge < -0.3 is 5.11 Å². The molecule has 0 aliphatic carbocycles. The highest BCUT2D eigenvalue weighted by molar-refractivity contribution is 4.92. The summed E-state index contributed by atoms with van der Waals surface area (Å²) in [6, 6.07) is 0. The summed E-state index contributed by atoms with van der Waals surface area (Å²) in [7, 11) is 0. The van der Waals surface area contributed by atoms with Gasteiger partial charge in [0.05, 0.1) is 5.69 Å². The van der Waals surface area contributed by atoms with Gasteiger partial charge in [-0.05, 0) is 12.8 Å². The first-order valence-electron chi connectivity index (χ1n) is 4.00. The maximum absolute atomic E-state index is 11.9. The molecule has 0 amide bonds. The molecule has 1 aromatic rings. The molecule has 1 rings (SSSR count). The van der Waals surface area contributed by atoms with Crippen LogP contribution >= 0.6 is 0 Å². The van der Waals surface area contributed by atoms with Gasteiger partial charge in [-0.25, -0.2) is 13.5 Å². The molecule has 4 nitrogen and oxygen atoms in total. The summed E-state index contributed by atoms with van der Waals surface area (Å²) in [6.07, 6.45) is 0.210. The van der Waals surface area contributed by atoms with Crippen molar-refractivity contribution >= 4 is 0 Å². The number of aliphatic hydroxyl groups excluding tert-OH is 1. The second-order valence-electron chi connectivity index (χ2n) is 2.65. The zero-order valence-corrected chi connectivity index (χ0v) is 7.03. The van der Waals surface area contributed by atoms with Crippen LogP contribution in [0.1, 0.15) is 12.1 Å². The van der Waals surface area contributed by atoms with E-state index in [1.54, 1.807) is 0 Å². The van der Waals surface area contributed by atoms with Crippen molar-refractivity contribution in [3.8, 4) is 0 Å². The summed E-state index contributed by atoms with van der Waals surface area (Å²) in [6.45, 7) is -0.353. The molecule has 0 aliphatic heterocycles. The highest BCUT2D eigenvalue weighted by atomic mass is 19.3. The molecule has 0 fully saturated rings. The van der Waals surface area contributed by atoms with E-state index in [0.29, 0.717) is 18.5 Å². The average Bonchev–Trinajstić information content (AvgIpc) is 2.48. The van der Waals surface area contributed by atoms with Crippen molar-refractivity contribution < 1.29 is 13.9 Å². The van der Waals surface area contributed by atoms with Crippen LogP contribution in [0.5, 0.6) is 0 Å². The van der Waals surface area contributed by atoms with Crippen molar-refractivity contribution in [2.75, 3.05) is 6.61 Å². The molecular weight excluding hydrogens is 180 g/mol. The predicted octanol–water partition coefficient (Wildman–Crippen LogP) is 0.468. The van der Waals surface area contributed by atoms with Crippen molar-refractivity contribution in [3.63, 3.8) is 0 Å². The van der Waals surface area contributed by atoms with Gasteiger partial charge in [0.15, 0.2) is 0 Å². The van der Waals surface area contributed by atoms with E-state index in [-0.39, 0.29) is 6.61 Å². The van der Waals surface area contributed by atoms with Crippen LogP contribution in [0.3, 0.4) is 0 Å². The van der Waals surface area contributed by atoms with Gasteiger partial charge in [0.2, 0.25) is 0 Å². The molecule has 0 radical (unpaired) electrons. The highest BCUT2D eigenvalue weighted by Crippen LogP contribution is 2.00. The molecule has 0 atom stereocenters. The van der Waals surface area contributed by atoms with E-state index in [1.165, 1.54) is 6.20 Å².